The fraction of sp³-hybridized carbons (Fsp3) is 0.455. The highest BCUT2D eigenvalue weighted by atomic mass is 35.5. The molecule has 1 unspecified atom stereocenters. The second kappa shape index (κ2) is 7.10. The van der Waals surface area contributed by atoms with Crippen molar-refractivity contribution in [2.45, 2.75) is 18.8 Å². The van der Waals surface area contributed by atoms with E-state index in [1.165, 1.54) is 24.9 Å². The second-order valence-electron chi connectivity index (χ2n) is 3.45. The molecule has 0 bridgehead atoms. The van der Waals surface area contributed by atoms with Crippen LogP contribution < -0.4 is 5.32 Å². The summed E-state index contributed by atoms with van der Waals surface area (Å²) in [5, 5.41) is 3.43. The third-order valence-corrected chi connectivity index (χ3v) is 2.57. The molecule has 0 spiro atoms. The SMILES string of the molecule is Cl.Cl.c1ccc(C2CCCNC2)cc1. The first-order valence-electron chi connectivity index (χ1n) is 4.72. The summed E-state index contributed by atoms with van der Waals surface area (Å²) in [6.45, 7) is 2.35. The summed E-state index contributed by atoms with van der Waals surface area (Å²) in [5.74, 6) is 0.750. The van der Waals surface area contributed by atoms with E-state index in [0.29, 0.717) is 0 Å². The lowest BCUT2D eigenvalue weighted by molar-refractivity contribution is 0.461. The molecule has 1 aliphatic heterocycles. The molecule has 1 N–H and O–H groups in total. The summed E-state index contributed by atoms with van der Waals surface area (Å²) in [7, 11) is 0. The maximum absolute atomic E-state index is 3.43. The van der Waals surface area contributed by atoms with E-state index in [4.69, 9.17) is 0 Å². The van der Waals surface area contributed by atoms with E-state index in [1.807, 2.05) is 0 Å². The Morgan fingerprint density at radius 1 is 1.07 bits per heavy atom. The van der Waals surface area contributed by atoms with Crippen molar-refractivity contribution in [3.05, 3.63) is 35.9 Å². The Morgan fingerprint density at radius 2 is 1.79 bits per heavy atom. The number of nitrogens with one attached hydrogen (secondary N) is 1. The number of benzene rings is 1. The van der Waals surface area contributed by atoms with Crippen molar-refractivity contribution < 1.29 is 0 Å². The van der Waals surface area contributed by atoms with E-state index >= 15 is 0 Å². The van der Waals surface area contributed by atoms with E-state index < -0.39 is 0 Å². The van der Waals surface area contributed by atoms with Crippen LogP contribution in [0.1, 0.15) is 24.3 Å². The first-order chi connectivity index (χ1) is 5.97. The molecule has 1 nitrogen and oxygen atoms in total. The second-order valence-corrected chi connectivity index (χ2v) is 3.45. The van der Waals surface area contributed by atoms with Gasteiger partial charge in [-0.05, 0) is 30.9 Å². The van der Waals surface area contributed by atoms with Crippen molar-refractivity contribution in [1.82, 2.24) is 5.32 Å². The van der Waals surface area contributed by atoms with Crippen molar-refractivity contribution in [3.8, 4) is 0 Å². The fourth-order valence-electron chi connectivity index (χ4n) is 1.86. The van der Waals surface area contributed by atoms with E-state index in [-0.39, 0.29) is 24.8 Å². The molecule has 0 aliphatic carbocycles. The van der Waals surface area contributed by atoms with Gasteiger partial charge >= 0.3 is 0 Å². The van der Waals surface area contributed by atoms with Gasteiger partial charge in [-0.3, -0.25) is 0 Å². The first kappa shape index (κ1) is 13.8. The van der Waals surface area contributed by atoms with Crippen LogP contribution in [0.3, 0.4) is 0 Å². The van der Waals surface area contributed by atoms with Crippen molar-refractivity contribution in [2.24, 2.45) is 0 Å². The van der Waals surface area contributed by atoms with Gasteiger partial charge in [0.1, 0.15) is 0 Å². The minimum absolute atomic E-state index is 0. The predicted molar refractivity (Wildman–Crippen MR) is 65.8 cm³/mol. The van der Waals surface area contributed by atoms with Crippen molar-refractivity contribution in [1.29, 1.82) is 0 Å². The summed E-state index contributed by atoms with van der Waals surface area (Å²) in [5.41, 5.74) is 1.49. The Balaban J connectivity index is 0.000000845. The number of rotatable bonds is 1. The van der Waals surface area contributed by atoms with Gasteiger partial charge in [-0.1, -0.05) is 30.3 Å². The largest absolute Gasteiger partial charge is 0.316 e. The van der Waals surface area contributed by atoms with Gasteiger partial charge in [0.05, 0.1) is 0 Å². The van der Waals surface area contributed by atoms with Gasteiger partial charge in [0.25, 0.3) is 0 Å². The van der Waals surface area contributed by atoms with Gasteiger partial charge in [0.2, 0.25) is 0 Å². The van der Waals surface area contributed by atoms with Gasteiger partial charge in [-0.2, -0.15) is 0 Å². The quantitative estimate of drug-likeness (QED) is 0.787. The summed E-state index contributed by atoms with van der Waals surface area (Å²) in [6.07, 6.45) is 2.66. The molecular formula is C11H17Cl2N. The summed E-state index contributed by atoms with van der Waals surface area (Å²) >= 11 is 0. The maximum atomic E-state index is 3.43. The molecule has 1 heterocycles. The molecule has 80 valence electrons. The zero-order valence-electron chi connectivity index (χ0n) is 8.11. The van der Waals surface area contributed by atoms with Gasteiger partial charge < -0.3 is 5.32 Å². The minimum atomic E-state index is 0. The molecule has 3 heteroatoms. The van der Waals surface area contributed by atoms with Gasteiger partial charge in [0, 0.05) is 6.54 Å². The van der Waals surface area contributed by atoms with Crippen LogP contribution in [0, 0.1) is 0 Å². The Kier molecular flexibility index (Phi) is 6.98. The van der Waals surface area contributed by atoms with Crippen LogP contribution in [0.4, 0.5) is 0 Å². The standard InChI is InChI=1S/C11H15N.2ClH/c1-2-5-10(6-3-1)11-7-4-8-12-9-11;;/h1-3,5-6,11-12H,4,7-9H2;2*1H. The number of piperidine rings is 1. The third-order valence-electron chi connectivity index (χ3n) is 2.57. The lowest BCUT2D eigenvalue weighted by Gasteiger charge is -2.22. The molecule has 0 aromatic heterocycles. The van der Waals surface area contributed by atoms with Gasteiger partial charge in [-0.25, -0.2) is 0 Å². The topological polar surface area (TPSA) is 12.0 Å². The highest BCUT2D eigenvalue weighted by molar-refractivity contribution is 5.85. The van der Waals surface area contributed by atoms with Crippen LogP contribution in [0.15, 0.2) is 30.3 Å². The molecule has 14 heavy (non-hydrogen) atoms. The molecule has 1 fully saturated rings. The number of hydrogen-bond acceptors (Lipinski definition) is 1. The van der Waals surface area contributed by atoms with E-state index in [1.54, 1.807) is 0 Å². The third kappa shape index (κ3) is 3.49. The normalized spacial score (nSPS) is 20.4. The predicted octanol–water partition coefficient (Wildman–Crippen LogP) is 3.00. The first-order valence-corrected chi connectivity index (χ1v) is 4.72. The number of halogens is 2. The van der Waals surface area contributed by atoms with Gasteiger partial charge in [0.15, 0.2) is 0 Å². The molecule has 1 saturated heterocycles. The Labute approximate surface area is 98.1 Å². The molecule has 2 rings (SSSR count). The fourth-order valence-corrected chi connectivity index (χ4v) is 1.86. The lowest BCUT2D eigenvalue weighted by atomic mass is 9.92. The Morgan fingerprint density at radius 3 is 2.36 bits per heavy atom. The van der Waals surface area contributed by atoms with Crippen molar-refractivity contribution in [3.63, 3.8) is 0 Å². The smallest absolute Gasteiger partial charge is 0.00201 e. The molecule has 1 aromatic carbocycles. The number of hydrogen-bond donors (Lipinski definition) is 1. The molecule has 0 amide bonds. The van der Waals surface area contributed by atoms with Crippen LogP contribution in [-0.4, -0.2) is 13.1 Å². The van der Waals surface area contributed by atoms with E-state index in [9.17, 15) is 0 Å². The Bertz CT molecular complexity index is 232. The minimum Gasteiger partial charge on any atom is -0.316 e. The van der Waals surface area contributed by atoms with Gasteiger partial charge in [-0.15, -0.1) is 24.8 Å². The van der Waals surface area contributed by atoms with Crippen LogP contribution in [0.25, 0.3) is 0 Å². The van der Waals surface area contributed by atoms with Crippen LogP contribution in [-0.2, 0) is 0 Å². The highest BCUT2D eigenvalue weighted by Gasteiger charge is 2.13. The molecule has 1 aliphatic rings. The lowest BCUT2D eigenvalue weighted by Crippen LogP contribution is -2.28. The Hall–Kier alpha value is -0.240. The molecule has 1 aromatic rings. The molecular weight excluding hydrogens is 217 g/mol. The zero-order valence-corrected chi connectivity index (χ0v) is 9.74. The molecule has 0 radical (unpaired) electrons. The van der Waals surface area contributed by atoms with E-state index in [0.717, 1.165) is 12.5 Å². The summed E-state index contributed by atoms with van der Waals surface area (Å²) in [4.78, 5) is 0. The molecule has 0 saturated carbocycles. The molecule has 1 atom stereocenters. The van der Waals surface area contributed by atoms with Crippen molar-refractivity contribution in [2.75, 3.05) is 13.1 Å². The average Bonchev–Trinajstić information content (AvgIpc) is 2.21. The zero-order chi connectivity index (χ0) is 8.23. The maximum Gasteiger partial charge on any atom is 0.00201 e. The summed E-state index contributed by atoms with van der Waals surface area (Å²) < 4.78 is 0. The van der Waals surface area contributed by atoms with Crippen molar-refractivity contribution >= 4 is 24.8 Å². The highest BCUT2D eigenvalue weighted by Crippen LogP contribution is 2.22. The van der Waals surface area contributed by atoms with Crippen LogP contribution in [0.5, 0.6) is 0 Å². The van der Waals surface area contributed by atoms with E-state index in [2.05, 4.69) is 35.6 Å². The van der Waals surface area contributed by atoms with Crippen LogP contribution >= 0.6 is 24.8 Å². The summed E-state index contributed by atoms with van der Waals surface area (Å²) in [6, 6.07) is 10.8. The monoisotopic (exact) mass is 233 g/mol. The van der Waals surface area contributed by atoms with Crippen LogP contribution in [0.2, 0.25) is 0 Å². The average molecular weight is 234 g/mol.